The Morgan fingerprint density at radius 1 is 0.857 bits per heavy atom. The third kappa shape index (κ3) is 7.82. The van der Waals surface area contributed by atoms with Gasteiger partial charge in [0.25, 0.3) is 0 Å². The molecule has 1 atom stereocenters. The van der Waals surface area contributed by atoms with Crippen LogP contribution in [0.2, 0.25) is 0 Å². The minimum Gasteiger partial charge on any atom is -0.463 e. The smallest absolute Gasteiger partial charge is 0.344 e. The predicted octanol–water partition coefficient (Wildman–Crippen LogP) is 1.91. The Morgan fingerprint density at radius 3 is 1.86 bits per heavy atom. The molecule has 1 fully saturated rings. The maximum absolute atomic E-state index is 11.8. The van der Waals surface area contributed by atoms with Gasteiger partial charge < -0.3 is 24.1 Å². The van der Waals surface area contributed by atoms with E-state index in [0.717, 1.165) is 25.7 Å². The lowest BCUT2D eigenvalue weighted by molar-refractivity contribution is -0.149. The maximum atomic E-state index is 11.8. The standard InChI is InChI=1S/C20H30O8/c1-5-25-17(21)13(3)19(23)27-11-15-7-9-16(10-8-15)12-28-20(24)14(4)18(22)26-6-2/h15-16,19,23H,3-12H2,1-2H3. The summed E-state index contributed by atoms with van der Waals surface area (Å²) in [5, 5.41) is 9.85. The zero-order valence-electron chi connectivity index (χ0n) is 16.6. The second-order valence-corrected chi connectivity index (χ2v) is 6.62. The molecule has 0 aromatic heterocycles. The monoisotopic (exact) mass is 398 g/mol. The quantitative estimate of drug-likeness (QED) is 0.140. The lowest BCUT2D eigenvalue weighted by Crippen LogP contribution is -2.28. The van der Waals surface area contributed by atoms with Crippen molar-refractivity contribution in [2.24, 2.45) is 11.8 Å². The van der Waals surface area contributed by atoms with E-state index in [1.807, 2.05) is 0 Å². The molecule has 8 nitrogen and oxygen atoms in total. The largest absolute Gasteiger partial charge is 0.463 e. The zero-order chi connectivity index (χ0) is 21.1. The average Bonchev–Trinajstić information content (AvgIpc) is 2.70. The lowest BCUT2D eigenvalue weighted by atomic mass is 9.83. The fourth-order valence-electron chi connectivity index (χ4n) is 2.80. The van der Waals surface area contributed by atoms with Crippen molar-refractivity contribution < 1.29 is 38.4 Å². The zero-order valence-corrected chi connectivity index (χ0v) is 16.6. The van der Waals surface area contributed by atoms with E-state index in [1.54, 1.807) is 13.8 Å². The van der Waals surface area contributed by atoms with Crippen LogP contribution in [0.4, 0.5) is 0 Å². The van der Waals surface area contributed by atoms with Crippen LogP contribution in [0.3, 0.4) is 0 Å². The average molecular weight is 398 g/mol. The molecular weight excluding hydrogens is 368 g/mol. The molecule has 1 aliphatic rings. The van der Waals surface area contributed by atoms with Gasteiger partial charge in [0.1, 0.15) is 5.57 Å². The third-order valence-electron chi connectivity index (χ3n) is 4.51. The molecule has 0 radical (unpaired) electrons. The number of aliphatic hydroxyl groups is 1. The normalized spacial score (nSPS) is 20.0. The summed E-state index contributed by atoms with van der Waals surface area (Å²) in [6, 6.07) is 0. The van der Waals surface area contributed by atoms with Gasteiger partial charge in [0.2, 0.25) is 0 Å². The van der Waals surface area contributed by atoms with Gasteiger partial charge in [-0.25, -0.2) is 14.4 Å². The summed E-state index contributed by atoms with van der Waals surface area (Å²) < 4.78 is 20.0. The van der Waals surface area contributed by atoms with Crippen molar-refractivity contribution >= 4 is 17.9 Å². The van der Waals surface area contributed by atoms with Gasteiger partial charge in [-0.1, -0.05) is 13.2 Å². The highest BCUT2D eigenvalue weighted by Crippen LogP contribution is 2.29. The molecule has 8 heteroatoms. The van der Waals surface area contributed by atoms with E-state index in [9.17, 15) is 19.5 Å². The second-order valence-electron chi connectivity index (χ2n) is 6.62. The van der Waals surface area contributed by atoms with Crippen molar-refractivity contribution in [1.29, 1.82) is 0 Å². The first-order chi connectivity index (χ1) is 13.3. The van der Waals surface area contributed by atoms with Crippen molar-refractivity contribution in [2.45, 2.75) is 45.8 Å². The van der Waals surface area contributed by atoms with Gasteiger partial charge in [-0.05, 0) is 51.4 Å². The Labute approximate surface area is 165 Å². The molecule has 1 N–H and O–H groups in total. The molecule has 1 aliphatic carbocycles. The van der Waals surface area contributed by atoms with Crippen LogP contribution in [-0.4, -0.2) is 55.7 Å². The number of carbonyl (C=O) groups is 3. The van der Waals surface area contributed by atoms with Gasteiger partial charge in [-0.15, -0.1) is 0 Å². The van der Waals surface area contributed by atoms with Gasteiger partial charge in [0, 0.05) is 0 Å². The Morgan fingerprint density at radius 2 is 1.32 bits per heavy atom. The molecule has 1 saturated carbocycles. The minimum atomic E-state index is -1.38. The molecule has 0 heterocycles. The van der Waals surface area contributed by atoms with Crippen LogP contribution >= 0.6 is 0 Å². The molecular formula is C20H30O8. The van der Waals surface area contributed by atoms with E-state index in [0.29, 0.717) is 6.61 Å². The Hall–Kier alpha value is -2.19. The molecule has 0 saturated heterocycles. The molecule has 0 amide bonds. The number of esters is 3. The van der Waals surface area contributed by atoms with Gasteiger partial charge in [0.15, 0.2) is 6.29 Å². The van der Waals surface area contributed by atoms with Crippen LogP contribution in [0.5, 0.6) is 0 Å². The van der Waals surface area contributed by atoms with Crippen LogP contribution in [0.25, 0.3) is 0 Å². The van der Waals surface area contributed by atoms with E-state index in [4.69, 9.17) is 18.9 Å². The Bertz CT molecular complexity index is 575. The van der Waals surface area contributed by atoms with Crippen molar-refractivity contribution in [2.75, 3.05) is 26.4 Å². The summed E-state index contributed by atoms with van der Waals surface area (Å²) >= 11 is 0. The summed E-state index contributed by atoms with van der Waals surface area (Å²) in [6.45, 7) is 11.1. The maximum Gasteiger partial charge on any atom is 0.344 e. The lowest BCUT2D eigenvalue weighted by Gasteiger charge is -2.28. The van der Waals surface area contributed by atoms with Gasteiger partial charge in [-0.3, -0.25) is 0 Å². The van der Waals surface area contributed by atoms with E-state index in [2.05, 4.69) is 13.2 Å². The molecule has 0 bridgehead atoms. The van der Waals surface area contributed by atoms with Crippen LogP contribution in [-0.2, 0) is 33.3 Å². The second kappa shape index (κ2) is 12.3. The van der Waals surface area contributed by atoms with Gasteiger partial charge in [0.05, 0.1) is 32.0 Å². The van der Waals surface area contributed by atoms with E-state index in [-0.39, 0.29) is 42.8 Å². The van der Waals surface area contributed by atoms with Crippen LogP contribution in [0.15, 0.2) is 24.3 Å². The first-order valence-corrected chi connectivity index (χ1v) is 9.48. The molecule has 0 aromatic carbocycles. The molecule has 1 rings (SSSR count). The summed E-state index contributed by atoms with van der Waals surface area (Å²) in [5.74, 6) is -1.79. The number of hydrogen-bond acceptors (Lipinski definition) is 8. The van der Waals surface area contributed by atoms with Crippen LogP contribution in [0.1, 0.15) is 39.5 Å². The highest BCUT2D eigenvalue weighted by molar-refractivity contribution is 6.13. The van der Waals surface area contributed by atoms with Crippen LogP contribution in [0, 0.1) is 11.8 Å². The molecule has 158 valence electrons. The highest BCUT2D eigenvalue weighted by Gasteiger charge is 2.26. The van der Waals surface area contributed by atoms with Gasteiger partial charge >= 0.3 is 17.9 Å². The SMILES string of the molecule is C=C(C(=O)OCC)C(=O)OCC1CCC(COC(O)C(=C)C(=O)OCC)CC1. The summed E-state index contributed by atoms with van der Waals surface area (Å²) in [4.78, 5) is 34.7. The summed E-state index contributed by atoms with van der Waals surface area (Å²) in [7, 11) is 0. The number of ether oxygens (including phenoxy) is 4. The fourth-order valence-corrected chi connectivity index (χ4v) is 2.80. The molecule has 0 aliphatic heterocycles. The Balaban J connectivity index is 2.27. The van der Waals surface area contributed by atoms with E-state index in [1.165, 1.54) is 0 Å². The summed E-state index contributed by atoms with van der Waals surface area (Å²) in [6.07, 6.45) is 1.93. The first kappa shape index (κ1) is 23.8. The fraction of sp³-hybridized carbons (Fsp3) is 0.650. The Kier molecular flexibility index (Phi) is 10.5. The number of aliphatic hydroxyl groups excluding tert-OH is 1. The number of hydrogen-bond donors (Lipinski definition) is 1. The molecule has 0 aromatic rings. The summed E-state index contributed by atoms with van der Waals surface area (Å²) in [5.41, 5.74) is -0.427. The van der Waals surface area contributed by atoms with Crippen molar-refractivity contribution in [3.05, 3.63) is 24.3 Å². The van der Waals surface area contributed by atoms with Crippen molar-refractivity contribution in [3.63, 3.8) is 0 Å². The first-order valence-electron chi connectivity index (χ1n) is 9.48. The number of rotatable bonds is 11. The minimum absolute atomic E-state index is 0.121. The van der Waals surface area contributed by atoms with E-state index >= 15 is 0 Å². The molecule has 0 spiro atoms. The number of carbonyl (C=O) groups excluding carboxylic acids is 3. The van der Waals surface area contributed by atoms with Crippen molar-refractivity contribution in [1.82, 2.24) is 0 Å². The topological polar surface area (TPSA) is 108 Å². The third-order valence-corrected chi connectivity index (χ3v) is 4.51. The predicted molar refractivity (Wildman–Crippen MR) is 99.9 cm³/mol. The van der Waals surface area contributed by atoms with Gasteiger partial charge in [-0.2, -0.15) is 0 Å². The highest BCUT2D eigenvalue weighted by atomic mass is 16.6. The molecule has 1 unspecified atom stereocenters. The van der Waals surface area contributed by atoms with Crippen molar-refractivity contribution in [3.8, 4) is 0 Å². The molecule has 28 heavy (non-hydrogen) atoms. The van der Waals surface area contributed by atoms with Crippen LogP contribution < -0.4 is 0 Å². The van der Waals surface area contributed by atoms with E-state index < -0.39 is 24.2 Å².